The van der Waals surface area contributed by atoms with Crippen LogP contribution in [0.4, 0.5) is 17.1 Å². The Morgan fingerprint density at radius 1 is 0.900 bits per heavy atom. The molecule has 0 spiro atoms. The number of nitrogens with zero attached hydrogens (tertiary/aromatic N) is 3. The molecule has 2 saturated heterocycles. The van der Waals surface area contributed by atoms with E-state index in [2.05, 4.69) is 38.3 Å². The molecular formula is C31H45N5O4. The summed E-state index contributed by atoms with van der Waals surface area (Å²) in [6, 6.07) is 13.8. The molecule has 2 aliphatic heterocycles. The molecule has 2 aromatic rings. The molecular weight excluding hydrogens is 506 g/mol. The van der Waals surface area contributed by atoms with Gasteiger partial charge in [-0.2, -0.15) is 0 Å². The van der Waals surface area contributed by atoms with Gasteiger partial charge in [0.15, 0.2) is 0 Å². The fourth-order valence-corrected chi connectivity index (χ4v) is 5.33. The van der Waals surface area contributed by atoms with Crippen LogP contribution in [-0.2, 0) is 9.53 Å². The van der Waals surface area contributed by atoms with Crippen molar-refractivity contribution in [1.29, 1.82) is 0 Å². The van der Waals surface area contributed by atoms with Crippen LogP contribution in [0, 0.1) is 0 Å². The summed E-state index contributed by atoms with van der Waals surface area (Å²) in [5, 5.41) is 6.13. The predicted molar refractivity (Wildman–Crippen MR) is 161 cm³/mol. The van der Waals surface area contributed by atoms with Crippen molar-refractivity contribution in [2.24, 2.45) is 0 Å². The first-order chi connectivity index (χ1) is 19.6. The number of benzene rings is 2. The Morgan fingerprint density at radius 3 is 2.35 bits per heavy atom. The average molecular weight is 552 g/mol. The van der Waals surface area contributed by atoms with Gasteiger partial charge in [0, 0.05) is 70.2 Å². The van der Waals surface area contributed by atoms with E-state index in [9.17, 15) is 9.59 Å². The quantitative estimate of drug-likeness (QED) is 0.364. The zero-order chi connectivity index (χ0) is 28.2. The summed E-state index contributed by atoms with van der Waals surface area (Å²) in [7, 11) is 1.70. The SMILES string of the molecule is CCCCCCC(=O)Nc1ccc(N2CCN(c3ccccc3OC)CC2)c(C(=O)NCCN2CCOCC2)c1. The normalized spacial score (nSPS) is 16.1. The number of amides is 2. The smallest absolute Gasteiger partial charge is 0.253 e. The number of ether oxygens (including phenoxy) is 2. The number of piperazine rings is 1. The minimum atomic E-state index is -0.116. The van der Waals surface area contributed by atoms with Crippen LogP contribution in [0.3, 0.4) is 0 Å². The second kappa shape index (κ2) is 15.5. The van der Waals surface area contributed by atoms with Crippen LogP contribution in [0.15, 0.2) is 42.5 Å². The number of morpholine rings is 1. The van der Waals surface area contributed by atoms with E-state index in [0.717, 1.165) is 102 Å². The number of carbonyl (C=O) groups excluding carboxylic acids is 2. The summed E-state index contributed by atoms with van der Waals surface area (Å²) in [5.41, 5.74) is 3.24. The number of methoxy groups -OCH3 is 1. The number of hydrogen-bond donors (Lipinski definition) is 2. The fourth-order valence-electron chi connectivity index (χ4n) is 5.33. The van der Waals surface area contributed by atoms with E-state index in [4.69, 9.17) is 9.47 Å². The number of para-hydroxylation sites is 2. The number of nitrogens with one attached hydrogen (secondary N) is 2. The van der Waals surface area contributed by atoms with Crippen molar-refractivity contribution < 1.29 is 19.1 Å². The lowest BCUT2D eigenvalue weighted by atomic mass is 10.1. The summed E-state index contributed by atoms with van der Waals surface area (Å²) in [4.78, 5) is 32.9. The second-order valence-electron chi connectivity index (χ2n) is 10.4. The van der Waals surface area contributed by atoms with Crippen molar-refractivity contribution in [2.45, 2.75) is 39.0 Å². The lowest BCUT2D eigenvalue weighted by Crippen LogP contribution is -2.47. The highest BCUT2D eigenvalue weighted by atomic mass is 16.5. The van der Waals surface area contributed by atoms with E-state index in [1.807, 2.05) is 36.4 Å². The van der Waals surface area contributed by atoms with Crippen molar-refractivity contribution >= 4 is 28.9 Å². The largest absolute Gasteiger partial charge is 0.495 e. The highest BCUT2D eigenvalue weighted by molar-refractivity contribution is 6.02. The molecule has 0 saturated carbocycles. The third-order valence-corrected chi connectivity index (χ3v) is 7.65. The Labute approximate surface area is 238 Å². The van der Waals surface area contributed by atoms with E-state index in [0.29, 0.717) is 24.2 Å². The van der Waals surface area contributed by atoms with Crippen molar-refractivity contribution in [3.8, 4) is 5.75 Å². The van der Waals surface area contributed by atoms with E-state index in [1.54, 1.807) is 7.11 Å². The lowest BCUT2D eigenvalue weighted by molar-refractivity contribution is -0.116. The first-order valence-corrected chi connectivity index (χ1v) is 14.7. The van der Waals surface area contributed by atoms with Crippen LogP contribution in [-0.4, -0.2) is 89.4 Å². The molecule has 9 nitrogen and oxygen atoms in total. The molecule has 0 unspecified atom stereocenters. The summed E-state index contributed by atoms with van der Waals surface area (Å²) < 4.78 is 11.0. The van der Waals surface area contributed by atoms with Crippen LogP contribution < -0.4 is 25.2 Å². The Balaban J connectivity index is 1.44. The maximum absolute atomic E-state index is 13.5. The monoisotopic (exact) mass is 551 g/mol. The van der Waals surface area contributed by atoms with Gasteiger partial charge in [0.2, 0.25) is 5.91 Å². The minimum absolute atomic E-state index is 0.00653. The fraction of sp³-hybridized carbons (Fsp3) is 0.548. The molecule has 2 fully saturated rings. The van der Waals surface area contributed by atoms with Crippen molar-refractivity contribution in [3.05, 3.63) is 48.0 Å². The number of rotatable bonds is 13. The maximum atomic E-state index is 13.5. The lowest BCUT2D eigenvalue weighted by Gasteiger charge is -2.38. The molecule has 2 aromatic carbocycles. The molecule has 40 heavy (non-hydrogen) atoms. The number of carbonyl (C=O) groups is 2. The standard InChI is InChI=1S/C31H45N5O4/c1-3-4-5-6-11-30(37)33-25-12-13-27(26(24-25)31(38)32-14-15-34-20-22-40-23-21-34)35-16-18-36(19-17-35)28-9-7-8-10-29(28)39-2/h7-10,12-13,24H,3-6,11,14-23H2,1-2H3,(H,32,38)(H,33,37). The Bertz CT molecular complexity index is 1100. The number of anilines is 3. The van der Waals surface area contributed by atoms with Gasteiger partial charge in [0.25, 0.3) is 5.91 Å². The third-order valence-electron chi connectivity index (χ3n) is 7.65. The zero-order valence-electron chi connectivity index (χ0n) is 24.1. The van der Waals surface area contributed by atoms with E-state index >= 15 is 0 Å². The minimum Gasteiger partial charge on any atom is -0.495 e. The topological polar surface area (TPSA) is 86.4 Å². The summed E-state index contributed by atoms with van der Waals surface area (Å²) in [6.07, 6.45) is 4.71. The predicted octanol–water partition coefficient (Wildman–Crippen LogP) is 3.99. The molecule has 0 bridgehead atoms. The van der Waals surface area contributed by atoms with Crippen LogP contribution in [0.25, 0.3) is 0 Å². The summed E-state index contributed by atoms with van der Waals surface area (Å²) in [6.45, 7) is 9.93. The van der Waals surface area contributed by atoms with E-state index in [1.165, 1.54) is 0 Å². The Morgan fingerprint density at radius 2 is 1.62 bits per heavy atom. The van der Waals surface area contributed by atoms with Crippen molar-refractivity contribution in [2.75, 3.05) is 87.8 Å². The highest BCUT2D eigenvalue weighted by Gasteiger charge is 2.24. The van der Waals surface area contributed by atoms with Crippen LogP contribution >= 0.6 is 0 Å². The van der Waals surface area contributed by atoms with Crippen molar-refractivity contribution in [1.82, 2.24) is 10.2 Å². The van der Waals surface area contributed by atoms with Gasteiger partial charge >= 0.3 is 0 Å². The molecule has 0 aromatic heterocycles. The van der Waals surface area contributed by atoms with Gasteiger partial charge < -0.3 is 29.9 Å². The molecule has 218 valence electrons. The van der Waals surface area contributed by atoms with Gasteiger partial charge in [-0.15, -0.1) is 0 Å². The molecule has 2 aliphatic rings. The Hall–Kier alpha value is -3.30. The first-order valence-electron chi connectivity index (χ1n) is 14.7. The second-order valence-corrected chi connectivity index (χ2v) is 10.4. The van der Waals surface area contributed by atoms with Gasteiger partial charge in [0.05, 0.1) is 31.6 Å². The highest BCUT2D eigenvalue weighted by Crippen LogP contribution is 2.31. The molecule has 2 N–H and O–H groups in total. The van der Waals surface area contributed by atoms with Gasteiger partial charge in [-0.25, -0.2) is 0 Å². The van der Waals surface area contributed by atoms with Gasteiger partial charge in [0.1, 0.15) is 5.75 Å². The molecule has 9 heteroatoms. The average Bonchev–Trinajstić information content (AvgIpc) is 3.00. The molecule has 0 radical (unpaired) electrons. The Kier molecular flexibility index (Phi) is 11.5. The van der Waals surface area contributed by atoms with Crippen LogP contribution in [0.2, 0.25) is 0 Å². The number of unbranched alkanes of at least 4 members (excludes halogenated alkanes) is 3. The summed E-state index contributed by atoms with van der Waals surface area (Å²) >= 11 is 0. The van der Waals surface area contributed by atoms with Crippen LogP contribution in [0.5, 0.6) is 5.75 Å². The molecule has 2 amide bonds. The van der Waals surface area contributed by atoms with E-state index < -0.39 is 0 Å². The molecule has 0 aliphatic carbocycles. The maximum Gasteiger partial charge on any atom is 0.253 e. The van der Waals surface area contributed by atoms with Gasteiger partial charge in [-0.1, -0.05) is 38.3 Å². The molecule has 2 heterocycles. The third kappa shape index (κ3) is 8.35. The summed E-state index contributed by atoms with van der Waals surface area (Å²) in [5.74, 6) is 0.744. The number of hydrogen-bond acceptors (Lipinski definition) is 7. The first kappa shape index (κ1) is 29.7. The van der Waals surface area contributed by atoms with Crippen molar-refractivity contribution in [3.63, 3.8) is 0 Å². The zero-order valence-corrected chi connectivity index (χ0v) is 24.1. The van der Waals surface area contributed by atoms with E-state index in [-0.39, 0.29) is 11.8 Å². The van der Waals surface area contributed by atoms with Gasteiger partial charge in [-0.05, 0) is 36.8 Å². The van der Waals surface area contributed by atoms with Crippen LogP contribution in [0.1, 0.15) is 49.4 Å². The molecule has 4 rings (SSSR count). The van der Waals surface area contributed by atoms with Gasteiger partial charge in [-0.3, -0.25) is 14.5 Å². The molecule has 0 atom stereocenters.